The van der Waals surface area contributed by atoms with E-state index in [0.29, 0.717) is 0 Å². The van der Waals surface area contributed by atoms with Crippen LogP contribution in [0.2, 0.25) is 0 Å². The predicted octanol–water partition coefficient (Wildman–Crippen LogP) is 4.94. The molecular formula is C17H26BrN. The minimum atomic E-state index is 0.799. The van der Waals surface area contributed by atoms with E-state index in [9.17, 15) is 0 Å². The lowest BCUT2D eigenvalue weighted by atomic mass is 9.93. The van der Waals surface area contributed by atoms with Crippen LogP contribution in [0.5, 0.6) is 0 Å². The zero-order valence-electron chi connectivity index (χ0n) is 12.0. The monoisotopic (exact) mass is 323 g/mol. The zero-order valence-corrected chi connectivity index (χ0v) is 13.6. The number of nitrogens with one attached hydrogen (secondary N) is 1. The van der Waals surface area contributed by atoms with Crippen molar-refractivity contribution in [2.45, 2.75) is 57.9 Å². The highest BCUT2D eigenvalue weighted by molar-refractivity contribution is 9.10. The second-order valence-electron chi connectivity index (χ2n) is 5.87. The summed E-state index contributed by atoms with van der Waals surface area (Å²) in [5, 5.41) is 3.71. The molecule has 0 heterocycles. The Morgan fingerprint density at radius 1 is 1.21 bits per heavy atom. The molecule has 0 amide bonds. The molecule has 2 rings (SSSR count). The third-order valence-electron chi connectivity index (χ3n) is 3.93. The van der Waals surface area contributed by atoms with Crippen molar-refractivity contribution in [3.8, 4) is 0 Å². The number of benzene rings is 1. The molecule has 1 fully saturated rings. The minimum absolute atomic E-state index is 0.799. The number of rotatable bonds is 9. The molecule has 1 saturated carbocycles. The SMILES string of the molecule is CCCCCC(CNC1CC1)Cc1ccc(Br)cc1. The molecule has 1 aliphatic carbocycles. The standard InChI is InChI=1S/C17H26BrN/c1-2-3-4-5-15(13-19-17-10-11-17)12-14-6-8-16(18)9-7-14/h6-9,15,17,19H,2-5,10-13H2,1H3. The van der Waals surface area contributed by atoms with Crippen molar-refractivity contribution in [3.05, 3.63) is 34.3 Å². The van der Waals surface area contributed by atoms with E-state index in [1.165, 1.54) is 61.5 Å². The number of unbranched alkanes of at least 4 members (excludes halogenated alkanes) is 2. The fourth-order valence-corrected chi connectivity index (χ4v) is 2.80. The van der Waals surface area contributed by atoms with Gasteiger partial charge < -0.3 is 5.32 Å². The average molecular weight is 324 g/mol. The van der Waals surface area contributed by atoms with Crippen LogP contribution in [0.25, 0.3) is 0 Å². The summed E-state index contributed by atoms with van der Waals surface area (Å²) >= 11 is 3.51. The van der Waals surface area contributed by atoms with Gasteiger partial charge in [-0.05, 0) is 55.8 Å². The van der Waals surface area contributed by atoms with Crippen molar-refractivity contribution in [2.75, 3.05) is 6.54 Å². The van der Waals surface area contributed by atoms with Gasteiger partial charge in [0.05, 0.1) is 0 Å². The predicted molar refractivity (Wildman–Crippen MR) is 86.5 cm³/mol. The van der Waals surface area contributed by atoms with Crippen LogP contribution in [0.15, 0.2) is 28.7 Å². The molecule has 19 heavy (non-hydrogen) atoms. The molecule has 0 spiro atoms. The molecule has 1 N–H and O–H groups in total. The largest absolute Gasteiger partial charge is 0.314 e. The van der Waals surface area contributed by atoms with E-state index in [1.807, 2.05) is 0 Å². The van der Waals surface area contributed by atoms with Gasteiger partial charge in [0.25, 0.3) is 0 Å². The lowest BCUT2D eigenvalue weighted by molar-refractivity contribution is 0.422. The van der Waals surface area contributed by atoms with Gasteiger partial charge >= 0.3 is 0 Å². The van der Waals surface area contributed by atoms with Crippen molar-refractivity contribution in [2.24, 2.45) is 5.92 Å². The maximum atomic E-state index is 3.71. The van der Waals surface area contributed by atoms with Gasteiger partial charge in [0.1, 0.15) is 0 Å². The fourth-order valence-electron chi connectivity index (χ4n) is 2.53. The summed E-state index contributed by atoms with van der Waals surface area (Å²) in [7, 11) is 0. The quantitative estimate of drug-likeness (QED) is 0.634. The van der Waals surface area contributed by atoms with Gasteiger partial charge in [-0.3, -0.25) is 0 Å². The molecule has 0 aromatic heterocycles. The summed E-state index contributed by atoms with van der Waals surface area (Å²) in [6.07, 6.45) is 9.44. The highest BCUT2D eigenvalue weighted by Crippen LogP contribution is 2.22. The summed E-state index contributed by atoms with van der Waals surface area (Å²) in [5.74, 6) is 0.799. The van der Waals surface area contributed by atoms with Crippen molar-refractivity contribution in [3.63, 3.8) is 0 Å². The third kappa shape index (κ3) is 6.09. The first-order valence-corrected chi connectivity index (χ1v) is 8.55. The first kappa shape index (κ1) is 15.1. The Labute approximate surface area is 126 Å². The molecule has 106 valence electrons. The van der Waals surface area contributed by atoms with E-state index in [0.717, 1.165) is 12.0 Å². The van der Waals surface area contributed by atoms with E-state index in [2.05, 4.69) is 52.4 Å². The maximum Gasteiger partial charge on any atom is 0.0175 e. The van der Waals surface area contributed by atoms with Crippen LogP contribution >= 0.6 is 15.9 Å². The molecule has 0 aliphatic heterocycles. The third-order valence-corrected chi connectivity index (χ3v) is 4.45. The second-order valence-corrected chi connectivity index (χ2v) is 6.79. The number of hydrogen-bond acceptors (Lipinski definition) is 1. The lowest BCUT2D eigenvalue weighted by Gasteiger charge is -2.18. The molecular weight excluding hydrogens is 298 g/mol. The molecule has 2 heteroatoms. The highest BCUT2D eigenvalue weighted by atomic mass is 79.9. The van der Waals surface area contributed by atoms with E-state index >= 15 is 0 Å². The van der Waals surface area contributed by atoms with Crippen molar-refractivity contribution in [1.82, 2.24) is 5.32 Å². The average Bonchev–Trinajstić information content (AvgIpc) is 3.23. The van der Waals surface area contributed by atoms with Crippen LogP contribution in [-0.4, -0.2) is 12.6 Å². The van der Waals surface area contributed by atoms with Crippen LogP contribution < -0.4 is 5.32 Å². The topological polar surface area (TPSA) is 12.0 Å². The molecule has 1 aromatic rings. The Bertz CT molecular complexity index is 356. The molecule has 1 aliphatic rings. The number of halogens is 1. The van der Waals surface area contributed by atoms with Crippen LogP contribution in [0, 0.1) is 5.92 Å². The first-order chi connectivity index (χ1) is 9.28. The second kappa shape index (κ2) is 8.06. The van der Waals surface area contributed by atoms with Crippen molar-refractivity contribution in [1.29, 1.82) is 0 Å². The zero-order chi connectivity index (χ0) is 13.5. The van der Waals surface area contributed by atoms with Gasteiger partial charge in [0.15, 0.2) is 0 Å². The molecule has 0 saturated heterocycles. The Morgan fingerprint density at radius 3 is 2.58 bits per heavy atom. The smallest absolute Gasteiger partial charge is 0.0175 e. The molecule has 1 atom stereocenters. The van der Waals surface area contributed by atoms with Gasteiger partial charge in [-0.1, -0.05) is 54.2 Å². The molecule has 1 unspecified atom stereocenters. The molecule has 0 radical (unpaired) electrons. The first-order valence-electron chi connectivity index (χ1n) is 7.75. The highest BCUT2D eigenvalue weighted by Gasteiger charge is 2.21. The van der Waals surface area contributed by atoms with Crippen LogP contribution in [0.4, 0.5) is 0 Å². The number of hydrogen-bond donors (Lipinski definition) is 1. The Hall–Kier alpha value is -0.340. The van der Waals surface area contributed by atoms with Crippen LogP contribution in [0.1, 0.15) is 51.0 Å². The fraction of sp³-hybridized carbons (Fsp3) is 0.647. The summed E-state index contributed by atoms with van der Waals surface area (Å²) in [6, 6.07) is 9.67. The summed E-state index contributed by atoms with van der Waals surface area (Å²) in [4.78, 5) is 0. The summed E-state index contributed by atoms with van der Waals surface area (Å²) in [6.45, 7) is 3.48. The Kier molecular flexibility index (Phi) is 6.39. The van der Waals surface area contributed by atoms with Crippen LogP contribution in [-0.2, 0) is 6.42 Å². The van der Waals surface area contributed by atoms with Gasteiger partial charge in [0.2, 0.25) is 0 Å². The van der Waals surface area contributed by atoms with E-state index in [1.54, 1.807) is 0 Å². The van der Waals surface area contributed by atoms with Gasteiger partial charge in [-0.25, -0.2) is 0 Å². The van der Waals surface area contributed by atoms with E-state index in [4.69, 9.17) is 0 Å². The van der Waals surface area contributed by atoms with Crippen LogP contribution in [0.3, 0.4) is 0 Å². The van der Waals surface area contributed by atoms with Gasteiger partial charge in [-0.15, -0.1) is 0 Å². The van der Waals surface area contributed by atoms with Gasteiger partial charge in [-0.2, -0.15) is 0 Å². The van der Waals surface area contributed by atoms with Crippen molar-refractivity contribution >= 4 is 15.9 Å². The summed E-state index contributed by atoms with van der Waals surface area (Å²) < 4.78 is 1.18. The summed E-state index contributed by atoms with van der Waals surface area (Å²) in [5.41, 5.74) is 1.47. The molecule has 0 bridgehead atoms. The normalized spacial score (nSPS) is 16.5. The van der Waals surface area contributed by atoms with E-state index in [-0.39, 0.29) is 0 Å². The lowest BCUT2D eigenvalue weighted by Crippen LogP contribution is -2.26. The maximum absolute atomic E-state index is 3.71. The van der Waals surface area contributed by atoms with E-state index < -0.39 is 0 Å². The van der Waals surface area contributed by atoms with Gasteiger partial charge in [0, 0.05) is 10.5 Å². The Balaban J connectivity index is 1.81. The molecule has 1 nitrogen and oxygen atoms in total. The Morgan fingerprint density at radius 2 is 1.95 bits per heavy atom. The minimum Gasteiger partial charge on any atom is -0.314 e. The van der Waals surface area contributed by atoms with Crippen molar-refractivity contribution < 1.29 is 0 Å². The molecule has 1 aromatic carbocycles.